The molecule has 0 atom stereocenters. The Labute approximate surface area is 186 Å². The number of halogens is 2. The highest BCUT2D eigenvalue weighted by atomic mass is 35.5. The third-order valence-corrected chi connectivity index (χ3v) is 5.42. The molecule has 0 aliphatic heterocycles. The van der Waals surface area contributed by atoms with Gasteiger partial charge in [-0.3, -0.25) is 4.79 Å². The molecule has 6 heteroatoms. The fraction of sp³-hybridized carbons (Fsp3) is 0.292. The third kappa shape index (κ3) is 4.50. The van der Waals surface area contributed by atoms with Crippen molar-refractivity contribution >= 4 is 45.7 Å². The minimum Gasteiger partial charge on any atom is -0.493 e. The molecule has 0 aliphatic rings. The van der Waals surface area contributed by atoms with E-state index in [9.17, 15) is 4.79 Å². The number of nitrogens with one attached hydrogen (secondary N) is 1. The molecule has 0 saturated carbocycles. The lowest BCUT2D eigenvalue weighted by molar-refractivity contribution is -0.116. The number of carbonyl (C=O) groups excluding carboxylic acids is 1. The maximum atomic E-state index is 12.2. The highest BCUT2D eigenvalue weighted by Gasteiger charge is 2.20. The Bertz CT molecular complexity index is 1120. The lowest BCUT2D eigenvalue weighted by Crippen LogP contribution is -2.21. The van der Waals surface area contributed by atoms with Crippen LogP contribution in [0.15, 0.2) is 41.0 Å². The quantitative estimate of drug-likeness (QED) is 0.396. The molecule has 3 aromatic rings. The summed E-state index contributed by atoms with van der Waals surface area (Å²) in [5.41, 5.74) is 4.96. The van der Waals surface area contributed by atoms with Crippen LogP contribution in [0.5, 0.6) is 5.75 Å². The summed E-state index contributed by atoms with van der Waals surface area (Å²) in [5.74, 6) is 0.591. The summed E-state index contributed by atoms with van der Waals surface area (Å²) >= 11 is 12.5. The Kier molecular flexibility index (Phi) is 7.11. The Morgan fingerprint density at radius 1 is 1.20 bits per heavy atom. The van der Waals surface area contributed by atoms with Crippen LogP contribution in [-0.2, 0) is 4.79 Å². The van der Waals surface area contributed by atoms with Crippen LogP contribution in [0.4, 0.5) is 0 Å². The number of hydrogen-bond donors (Lipinski definition) is 1. The first kappa shape index (κ1) is 22.3. The van der Waals surface area contributed by atoms with Gasteiger partial charge in [0.1, 0.15) is 11.3 Å². The second-order valence-electron chi connectivity index (χ2n) is 7.08. The van der Waals surface area contributed by atoms with Crippen molar-refractivity contribution in [3.05, 3.63) is 57.8 Å². The topological polar surface area (TPSA) is 51.5 Å². The molecular weight excluding hydrogens is 421 g/mol. The first-order valence-electron chi connectivity index (χ1n) is 9.96. The predicted octanol–water partition coefficient (Wildman–Crippen LogP) is 7.04. The Hall–Kier alpha value is -2.43. The summed E-state index contributed by atoms with van der Waals surface area (Å²) in [7, 11) is 0. The van der Waals surface area contributed by atoms with Crippen LogP contribution in [0.2, 0.25) is 10.0 Å². The maximum Gasteiger partial charge on any atom is 0.244 e. The number of fused-ring (bicyclic) bond motifs is 1. The van der Waals surface area contributed by atoms with E-state index in [0.29, 0.717) is 28.9 Å². The molecule has 0 saturated heterocycles. The number of hydrogen-bond acceptors (Lipinski definition) is 3. The van der Waals surface area contributed by atoms with E-state index in [-0.39, 0.29) is 5.91 Å². The molecule has 0 radical (unpaired) electrons. The van der Waals surface area contributed by atoms with Crippen molar-refractivity contribution in [1.29, 1.82) is 0 Å². The minimum atomic E-state index is -0.122. The van der Waals surface area contributed by atoms with Crippen LogP contribution < -0.4 is 10.1 Å². The number of carbonyl (C=O) groups is 1. The van der Waals surface area contributed by atoms with Crippen molar-refractivity contribution in [1.82, 2.24) is 5.32 Å². The zero-order valence-corrected chi connectivity index (χ0v) is 19.1. The van der Waals surface area contributed by atoms with Crippen molar-refractivity contribution in [2.45, 2.75) is 34.1 Å². The lowest BCUT2D eigenvalue weighted by atomic mass is 9.96. The molecule has 1 aromatic heterocycles. The fourth-order valence-corrected chi connectivity index (χ4v) is 3.94. The average molecular weight is 446 g/mol. The summed E-state index contributed by atoms with van der Waals surface area (Å²) in [6, 6.07) is 7.38. The Morgan fingerprint density at radius 2 is 1.97 bits per heavy atom. The molecule has 4 nitrogen and oxygen atoms in total. The van der Waals surface area contributed by atoms with Gasteiger partial charge >= 0.3 is 0 Å². The van der Waals surface area contributed by atoms with Gasteiger partial charge in [-0.1, -0.05) is 36.2 Å². The number of furan rings is 1. The second-order valence-corrected chi connectivity index (χ2v) is 7.92. The zero-order valence-electron chi connectivity index (χ0n) is 17.6. The van der Waals surface area contributed by atoms with Crippen molar-refractivity contribution in [3.8, 4) is 16.9 Å². The van der Waals surface area contributed by atoms with E-state index in [0.717, 1.165) is 45.2 Å². The van der Waals surface area contributed by atoms with Crippen LogP contribution in [0.25, 0.3) is 27.7 Å². The minimum absolute atomic E-state index is 0.122. The number of benzene rings is 2. The Morgan fingerprint density at radius 3 is 2.63 bits per heavy atom. The molecular formula is C24H25Cl2NO3. The molecule has 30 heavy (non-hydrogen) atoms. The van der Waals surface area contributed by atoms with Gasteiger partial charge in [0.25, 0.3) is 0 Å². The van der Waals surface area contributed by atoms with E-state index in [1.807, 2.05) is 39.8 Å². The van der Waals surface area contributed by atoms with E-state index in [1.165, 1.54) is 0 Å². The monoisotopic (exact) mass is 445 g/mol. The first-order valence-corrected chi connectivity index (χ1v) is 10.7. The van der Waals surface area contributed by atoms with Crippen LogP contribution >= 0.6 is 23.2 Å². The maximum absolute atomic E-state index is 12.2. The highest BCUT2D eigenvalue weighted by molar-refractivity contribution is 6.36. The molecule has 2 aromatic carbocycles. The van der Waals surface area contributed by atoms with Crippen LogP contribution in [0.1, 0.15) is 38.3 Å². The van der Waals surface area contributed by atoms with Gasteiger partial charge in [0.05, 0.1) is 17.9 Å². The van der Waals surface area contributed by atoms with Gasteiger partial charge in [-0.05, 0) is 51.0 Å². The highest BCUT2D eigenvalue weighted by Crippen LogP contribution is 2.42. The lowest BCUT2D eigenvalue weighted by Gasteiger charge is -2.15. The van der Waals surface area contributed by atoms with Gasteiger partial charge in [0, 0.05) is 45.3 Å². The zero-order chi connectivity index (χ0) is 21.8. The Balaban J connectivity index is 2.19. The summed E-state index contributed by atoms with van der Waals surface area (Å²) in [6.45, 7) is 8.96. The molecule has 3 rings (SSSR count). The van der Waals surface area contributed by atoms with Gasteiger partial charge < -0.3 is 14.5 Å². The van der Waals surface area contributed by atoms with Crippen molar-refractivity contribution in [3.63, 3.8) is 0 Å². The summed E-state index contributed by atoms with van der Waals surface area (Å²) in [5, 5.41) is 4.90. The van der Waals surface area contributed by atoms with E-state index in [1.54, 1.807) is 24.5 Å². The van der Waals surface area contributed by atoms with Crippen molar-refractivity contribution in [2.75, 3.05) is 13.2 Å². The van der Waals surface area contributed by atoms with Gasteiger partial charge in [0.15, 0.2) is 0 Å². The van der Waals surface area contributed by atoms with E-state index in [2.05, 4.69) is 5.32 Å². The van der Waals surface area contributed by atoms with E-state index in [4.69, 9.17) is 32.4 Å². The molecule has 0 aliphatic carbocycles. The summed E-state index contributed by atoms with van der Waals surface area (Å²) < 4.78 is 11.8. The van der Waals surface area contributed by atoms with Gasteiger partial charge in [-0.2, -0.15) is 0 Å². The molecule has 1 N–H and O–H groups in total. The molecule has 1 heterocycles. The second kappa shape index (κ2) is 9.59. The third-order valence-electron chi connectivity index (χ3n) is 4.88. The number of amides is 1. The molecule has 0 fully saturated rings. The molecule has 0 unspecified atom stereocenters. The SMILES string of the molecule is CCCNC(=O)/C=C(\C)c1cc2c(-c3ccc(Cl)cc3Cl)coc2c(C)c1OCC. The number of allylic oxidation sites excluding steroid dienone is 1. The van der Waals surface area contributed by atoms with Crippen molar-refractivity contribution < 1.29 is 13.9 Å². The van der Waals surface area contributed by atoms with Crippen LogP contribution in [0.3, 0.4) is 0 Å². The van der Waals surface area contributed by atoms with Crippen molar-refractivity contribution in [2.24, 2.45) is 0 Å². The fourth-order valence-electron chi connectivity index (χ4n) is 3.43. The molecule has 158 valence electrons. The van der Waals surface area contributed by atoms with Crippen LogP contribution in [-0.4, -0.2) is 19.1 Å². The average Bonchev–Trinajstić information content (AvgIpc) is 3.12. The molecule has 0 spiro atoms. The number of aryl methyl sites for hydroxylation is 1. The summed E-state index contributed by atoms with van der Waals surface area (Å²) in [6.07, 6.45) is 4.18. The summed E-state index contributed by atoms with van der Waals surface area (Å²) in [4.78, 5) is 12.2. The van der Waals surface area contributed by atoms with E-state index < -0.39 is 0 Å². The first-order chi connectivity index (χ1) is 14.4. The van der Waals surface area contributed by atoms with Crippen LogP contribution in [0, 0.1) is 6.92 Å². The normalized spacial score (nSPS) is 11.7. The van der Waals surface area contributed by atoms with Gasteiger partial charge in [-0.25, -0.2) is 0 Å². The van der Waals surface area contributed by atoms with Gasteiger partial charge in [-0.15, -0.1) is 0 Å². The number of ether oxygens (including phenoxy) is 1. The smallest absolute Gasteiger partial charge is 0.244 e. The molecule has 0 bridgehead atoms. The van der Waals surface area contributed by atoms with Gasteiger partial charge in [0.2, 0.25) is 5.91 Å². The molecule has 1 amide bonds. The largest absolute Gasteiger partial charge is 0.493 e. The number of rotatable bonds is 7. The predicted molar refractivity (Wildman–Crippen MR) is 125 cm³/mol. The van der Waals surface area contributed by atoms with E-state index >= 15 is 0 Å². The standard InChI is InChI=1S/C24H25Cl2NO3/c1-5-9-27-22(28)10-14(3)18-12-19-20(17-8-7-16(25)11-21(17)26)13-30-24(19)15(4)23(18)29-6-2/h7-8,10-13H,5-6,9H2,1-4H3,(H,27,28)/b14-10+.